The highest BCUT2D eigenvalue weighted by molar-refractivity contribution is 9.10. The van der Waals surface area contributed by atoms with Gasteiger partial charge in [0.2, 0.25) is 0 Å². The maximum atomic E-state index is 5.82. The Kier molecular flexibility index (Phi) is 9.77. The van der Waals surface area contributed by atoms with E-state index in [1.807, 2.05) is 6.92 Å². The summed E-state index contributed by atoms with van der Waals surface area (Å²) in [6.45, 7) is 8.28. The molecule has 0 aliphatic heterocycles. The van der Waals surface area contributed by atoms with Crippen LogP contribution >= 0.6 is 15.9 Å². The predicted molar refractivity (Wildman–Crippen MR) is 95.1 cm³/mol. The number of hydrogen-bond donors (Lipinski definition) is 1. The zero-order valence-corrected chi connectivity index (χ0v) is 15.3. The van der Waals surface area contributed by atoms with E-state index >= 15 is 0 Å². The molecule has 1 unspecified atom stereocenters. The van der Waals surface area contributed by atoms with Gasteiger partial charge >= 0.3 is 0 Å². The summed E-state index contributed by atoms with van der Waals surface area (Å²) < 4.78 is 6.94. The van der Waals surface area contributed by atoms with Crippen LogP contribution in [0.2, 0.25) is 0 Å². The van der Waals surface area contributed by atoms with Crippen molar-refractivity contribution in [2.24, 2.45) is 0 Å². The lowest BCUT2D eigenvalue weighted by atomic mass is 9.99. The summed E-state index contributed by atoms with van der Waals surface area (Å²) in [7, 11) is 0. The van der Waals surface area contributed by atoms with Gasteiger partial charge in [0.1, 0.15) is 5.75 Å². The fraction of sp³-hybridized carbons (Fsp3) is 0.667. The number of hydrogen-bond acceptors (Lipinski definition) is 2. The van der Waals surface area contributed by atoms with Gasteiger partial charge in [-0.3, -0.25) is 0 Å². The van der Waals surface area contributed by atoms with Gasteiger partial charge in [-0.25, -0.2) is 0 Å². The van der Waals surface area contributed by atoms with E-state index in [2.05, 4.69) is 53.3 Å². The Morgan fingerprint density at radius 1 is 1.10 bits per heavy atom. The Hall–Kier alpha value is -0.540. The van der Waals surface area contributed by atoms with Crippen molar-refractivity contribution < 1.29 is 4.74 Å². The van der Waals surface area contributed by atoms with Crippen LogP contribution in [0, 0.1) is 0 Å². The second kappa shape index (κ2) is 11.1. The lowest BCUT2D eigenvalue weighted by molar-refractivity contribution is 0.329. The van der Waals surface area contributed by atoms with Gasteiger partial charge in [0.15, 0.2) is 0 Å². The normalized spacial score (nSPS) is 12.4. The smallest absolute Gasteiger partial charge is 0.124 e. The number of unbranched alkanes of at least 4 members (excludes halogenated alkanes) is 3. The molecule has 0 aliphatic rings. The minimum Gasteiger partial charge on any atom is -0.494 e. The first kappa shape index (κ1) is 18.5. The summed E-state index contributed by atoms with van der Waals surface area (Å²) in [5.74, 6) is 1.02. The molecule has 0 heterocycles. The Labute approximate surface area is 138 Å². The summed E-state index contributed by atoms with van der Waals surface area (Å²) in [6.07, 6.45) is 7.54. The van der Waals surface area contributed by atoms with Gasteiger partial charge < -0.3 is 10.1 Å². The lowest BCUT2D eigenvalue weighted by Gasteiger charge is -2.22. The quantitative estimate of drug-likeness (QED) is 0.502. The zero-order chi connectivity index (χ0) is 15.5. The summed E-state index contributed by atoms with van der Waals surface area (Å²) in [5, 5.41) is 3.69. The molecule has 1 atom stereocenters. The monoisotopic (exact) mass is 355 g/mol. The fourth-order valence-electron chi connectivity index (χ4n) is 2.54. The molecule has 0 saturated heterocycles. The Balaban J connectivity index is 2.81. The van der Waals surface area contributed by atoms with Crippen molar-refractivity contribution in [3.8, 4) is 5.75 Å². The second-order valence-corrected chi connectivity index (χ2v) is 6.39. The third-order valence-electron chi connectivity index (χ3n) is 3.63. The summed E-state index contributed by atoms with van der Waals surface area (Å²) >= 11 is 3.59. The van der Waals surface area contributed by atoms with Gasteiger partial charge in [-0.05, 0) is 44.5 Å². The van der Waals surface area contributed by atoms with Gasteiger partial charge in [-0.15, -0.1) is 0 Å². The van der Waals surface area contributed by atoms with Crippen molar-refractivity contribution in [1.82, 2.24) is 5.32 Å². The molecule has 1 aromatic rings. The van der Waals surface area contributed by atoms with Gasteiger partial charge in [0.25, 0.3) is 0 Å². The van der Waals surface area contributed by atoms with Crippen LogP contribution < -0.4 is 10.1 Å². The highest BCUT2D eigenvalue weighted by atomic mass is 79.9. The van der Waals surface area contributed by atoms with Crippen molar-refractivity contribution in [3.63, 3.8) is 0 Å². The van der Waals surface area contributed by atoms with E-state index in [0.717, 1.165) is 23.2 Å². The van der Waals surface area contributed by atoms with Crippen LogP contribution in [0.4, 0.5) is 0 Å². The average molecular weight is 356 g/mol. The van der Waals surface area contributed by atoms with Crippen molar-refractivity contribution in [1.29, 1.82) is 0 Å². The first-order chi connectivity index (χ1) is 10.2. The second-order valence-electron chi connectivity index (χ2n) is 5.47. The SMILES string of the molecule is CCCCCCC(NCCC)c1cc(Br)ccc1OCC. The van der Waals surface area contributed by atoms with E-state index in [9.17, 15) is 0 Å². The fourth-order valence-corrected chi connectivity index (χ4v) is 2.92. The molecule has 0 saturated carbocycles. The van der Waals surface area contributed by atoms with Gasteiger partial charge in [-0.2, -0.15) is 0 Å². The van der Waals surface area contributed by atoms with Crippen LogP contribution in [0.1, 0.15) is 70.9 Å². The van der Waals surface area contributed by atoms with Crippen molar-refractivity contribution in [2.45, 2.75) is 65.3 Å². The van der Waals surface area contributed by atoms with E-state index < -0.39 is 0 Å². The molecular formula is C18H30BrNO. The number of nitrogens with one attached hydrogen (secondary N) is 1. The van der Waals surface area contributed by atoms with Gasteiger partial charge in [0.05, 0.1) is 6.61 Å². The molecule has 1 aromatic carbocycles. The van der Waals surface area contributed by atoms with Crippen molar-refractivity contribution in [3.05, 3.63) is 28.2 Å². The van der Waals surface area contributed by atoms with E-state index in [-0.39, 0.29) is 0 Å². The molecule has 1 N–H and O–H groups in total. The zero-order valence-electron chi connectivity index (χ0n) is 13.8. The van der Waals surface area contributed by atoms with Crippen LogP contribution in [0.5, 0.6) is 5.75 Å². The third kappa shape index (κ3) is 6.84. The maximum Gasteiger partial charge on any atom is 0.124 e. The Morgan fingerprint density at radius 2 is 1.90 bits per heavy atom. The summed E-state index contributed by atoms with van der Waals surface area (Å²) in [5.41, 5.74) is 1.29. The van der Waals surface area contributed by atoms with Crippen molar-refractivity contribution >= 4 is 15.9 Å². The van der Waals surface area contributed by atoms with Crippen LogP contribution in [-0.4, -0.2) is 13.2 Å². The Morgan fingerprint density at radius 3 is 2.57 bits per heavy atom. The standard InChI is InChI=1S/C18H30BrNO/c1-4-7-8-9-10-17(20-13-5-2)16-14-15(19)11-12-18(16)21-6-3/h11-12,14,17,20H,4-10,13H2,1-3H3. The molecule has 1 rings (SSSR count). The van der Waals surface area contributed by atoms with Crippen LogP contribution in [0.15, 0.2) is 22.7 Å². The average Bonchev–Trinajstić information content (AvgIpc) is 2.49. The van der Waals surface area contributed by atoms with E-state index in [1.54, 1.807) is 0 Å². The molecule has 0 spiro atoms. The maximum absolute atomic E-state index is 5.82. The van der Waals surface area contributed by atoms with Gasteiger partial charge in [0, 0.05) is 16.1 Å². The summed E-state index contributed by atoms with van der Waals surface area (Å²) in [4.78, 5) is 0. The molecule has 0 fully saturated rings. The highest BCUT2D eigenvalue weighted by Crippen LogP contribution is 2.31. The first-order valence-corrected chi connectivity index (χ1v) is 9.17. The molecule has 21 heavy (non-hydrogen) atoms. The van der Waals surface area contributed by atoms with Crippen LogP contribution in [0.3, 0.4) is 0 Å². The number of ether oxygens (including phenoxy) is 1. The van der Waals surface area contributed by atoms with E-state index in [1.165, 1.54) is 37.7 Å². The number of rotatable bonds is 11. The Bertz CT molecular complexity index is 395. The first-order valence-electron chi connectivity index (χ1n) is 8.38. The van der Waals surface area contributed by atoms with Gasteiger partial charge in [-0.1, -0.05) is 55.5 Å². The largest absolute Gasteiger partial charge is 0.494 e. The van der Waals surface area contributed by atoms with Crippen molar-refractivity contribution in [2.75, 3.05) is 13.2 Å². The topological polar surface area (TPSA) is 21.3 Å². The predicted octanol–water partition coefficient (Wildman–Crippen LogP) is 5.86. The summed E-state index contributed by atoms with van der Waals surface area (Å²) in [6, 6.07) is 6.73. The molecule has 0 aromatic heterocycles. The molecule has 3 heteroatoms. The molecular weight excluding hydrogens is 326 g/mol. The molecule has 120 valence electrons. The minimum absolute atomic E-state index is 0.390. The molecule has 0 radical (unpaired) electrons. The van der Waals surface area contributed by atoms with E-state index in [4.69, 9.17) is 4.74 Å². The lowest BCUT2D eigenvalue weighted by Crippen LogP contribution is -2.23. The van der Waals surface area contributed by atoms with Crippen LogP contribution in [-0.2, 0) is 0 Å². The highest BCUT2D eigenvalue weighted by Gasteiger charge is 2.16. The molecule has 0 amide bonds. The third-order valence-corrected chi connectivity index (χ3v) is 4.13. The molecule has 2 nitrogen and oxygen atoms in total. The minimum atomic E-state index is 0.390. The van der Waals surface area contributed by atoms with Crippen LogP contribution in [0.25, 0.3) is 0 Å². The number of benzene rings is 1. The molecule has 0 bridgehead atoms. The molecule has 0 aliphatic carbocycles. The number of halogens is 1. The van der Waals surface area contributed by atoms with E-state index in [0.29, 0.717) is 12.6 Å².